The van der Waals surface area contributed by atoms with Crippen LogP contribution in [0.3, 0.4) is 0 Å². The molecule has 0 aliphatic carbocycles. The fraction of sp³-hybridized carbons (Fsp3) is 0.529. The van der Waals surface area contributed by atoms with E-state index in [4.69, 9.17) is 14.6 Å². The molecule has 1 aliphatic rings. The Bertz CT molecular complexity index is 662. The molecule has 1 N–H and O–H groups in total. The zero-order valence-electron chi connectivity index (χ0n) is 14.2. The van der Waals surface area contributed by atoms with Crippen molar-refractivity contribution in [3.05, 3.63) is 23.8 Å². The summed E-state index contributed by atoms with van der Waals surface area (Å²) in [5, 5.41) is 9.12. The first-order valence-corrected chi connectivity index (χ1v) is 8.10. The van der Waals surface area contributed by atoms with Crippen LogP contribution in [0.2, 0.25) is 0 Å². The van der Waals surface area contributed by atoms with Crippen LogP contribution in [0.4, 0.5) is 13.2 Å². The molecule has 6 nitrogen and oxygen atoms in total. The predicted octanol–water partition coefficient (Wildman–Crippen LogP) is 2.64. The van der Waals surface area contributed by atoms with Gasteiger partial charge in [-0.3, -0.25) is 4.79 Å². The molecule has 144 valence electrons. The summed E-state index contributed by atoms with van der Waals surface area (Å²) >= 11 is 0. The molecule has 1 unspecified atom stereocenters. The summed E-state index contributed by atoms with van der Waals surface area (Å²) < 4.78 is 46.5. The van der Waals surface area contributed by atoms with E-state index < -0.39 is 24.8 Å². The van der Waals surface area contributed by atoms with Crippen molar-refractivity contribution in [3.63, 3.8) is 0 Å². The lowest BCUT2D eigenvalue weighted by Gasteiger charge is -2.21. The number of aliphatic carboxylic acids is 1. The van der Waals surface area contributed by atoms with Gasteiger partial charge in [0, 0.05) is 13.0 Å². The van der Waals surface area contributed by atoms with E-state index in [1.165, 1.54) is 24.1 Å². The highest BCUT2D eigenvalue weighted by Crippen LogP contribution is 2.30. The van der Waals surface area contributed by atoms with Crippen molar-refractivity contribution in [1.82, 2.24) is 4.90 Å². The van der Waals surface area contributed by atoms with Crippen LogP contribution in [-0.2, 0) is 16.0 Å². The number of likely N-dealkylation sites (tertiary alicyclic amines) is 1. The van der Waals surface area contributed by atoms with Gasteiger partial charge in [-0.1, -0.05) is 6.07 Å². The van der Waals surface area contributed by atoms with Gasteiger partial charge in [-0.05, 0) is 37.0 Å². The number of aryl methyl sites for hydroxylation is 1. The average molecular weight is 375 g/mol. The van der Waals surface area contributed by atoms with Crippen LogP contribution < -0.4 is 9.47 Å². The summed E-state index contributed by atoms with van der Waals surface area (Å²) in [7, 11) is 1.31. The van der Waals surface area contributed by atoms with Gasteiger partial charge in [-0.25, -0.2) is 4.79 Å². The first-order valence-electron chi connectivity index (χ1n) is 8.10. The number of hydrogen-bond donors (Lipinski definition) is 1. The zero-order valence-corrected chi connectivity index (χ0v) is 14.2. The van der Waals surface area contributed by atoms with Crippen LogP contribution in [-0.4, -0.2) is 54.4 Å². The summed E-state index contributed by atoms with van der Waals surface area (Å²) in [4.78, 5) is 24.8. The predicted molar refractivity (Wildman–Crippen MR) is 85.2 cm³/mol. The van der Waals surface area contributed by atoms with Crippen LogP contribution in [0.15, 0.2) is 18.2 Å². The van der Waals surface area contributed by atoms with Crippen molar-refractivity contribution >= 4 is 11.9 Å². The number of carboxylic acid groups (broad SMARTS) is 1. The molecule has 1 saturated heterocycles. The Morgan fingerprint density at radius 1 is 1.31 bits per heavy atom. The molecule has 0 aromatic heterocycles. The second-order valence-corrected chi connectivity index (χ2v) is 5.97. The molecule has 1 atom stereocenters. The van der Waals surface area contributed by atoms with Gasteiger partial charge in [0.05, 0.1) is 7.11 Å². The van der Waals surface area contributed by atoms with Crippen molar-refractivity contribution in [1.29, 1.82) is 0 Å². The number of carbonyl (C=O) groups is 2. The Kier molecular flexibility index (Phi) is 6.33. The Hall–Kier alpha value is -2.45. The summed E-state index contributed by atoms with van der Waals surface area (Å²) in [6, 6.07) is 3.65. The number of hydrogen-bond acceptors (Lipinski definition) is 4. The van der Waals surface area contributed by atoms with E-state index in [-0.39, 0.29) is 23.8 Å². The van der Waals surface area contributed by atoms with Crippen molar-refractivity contribution in [2.75, 3.05) is 20.3 Å². The molecule has 1 amide bonds. The molecule has 0 saturated carbocycles. The maximum Gasteiger partial charge on any atom is 0.422 e. The lowest BCUT2D eigenvalue weighted by molar-refractivity contribution is -0.153. The van der Waals surface area contributed by atoms with E-state index in [9.17, 15) is 22.8 Å². The lowest BCUT2D eigenvalue weighted by atomic mass is 10.1. The number of carbonyl (C=O) groups excluding carboxylic acids is 1. The standard InChI is InChI=1S/C17H20F3NO5/c1-25-14-9-11(4-6-13(14)26-10-17(18,19)20)5-7-15(22)21-8-2-3-12(21)16(23)24/h4,6,9,12H,2-3,5,7-8,10H2,1H3,(H,23,24). The Labute approximate surface area is 148 Å². The first kappa shape index (κ1) is 19.9. The Morgan fingerprint density at radius 2 is 2.04 bits per heavy atom. The highest BCUT2D eigenvalue weighted by Gasteiger charge is 2.33. The van der Waals surface area contributed by atoms with E-state index in [1.54, 1.807) is 6.07 Å². The molecular weight excluding hydrogens is 355 g/mol. The van der Waals surface area contributed by atoms with Gasteiger partial charge >= 0.3 is 12.1 Å². The topological polar surface area (TPSA) is 76.1 Å². The molecule has 1 fully saturated rings. The van der Waals surface area contributed by atoms with Crippen molar-refractivity contribution in [3.8, 4) is 11.5 Å². The molecule has 26 heavy (non-hydrogen) atoms. The largest absolute Gasteiger partial charge is 0.493 e. The zero-order chi connectivity index (χ0) is 19.3. The Balaban J connectivity index is 1.97. The second kappa shape index (κ2) is 8.29. The number of alkyl halides is 3. The number of methoxy groups -OCH3 is 1. The van der Waals surface area contributed by atoms with E-state index in [0.29, 0.717) is 31.4 Å². The second-order valence-electron chi connectivity index (χ2n) is 5.97. The molecule has 2 rings (SSSR count). The van der Waals surface area contributed by atoms with Crippen LogP contribution in [0, 0.1) is 0 Å². The number of rotatable bonds is 7. The molecule has 0 spiro atoms. The first-order chi connectivity index (χ1) is 12.2. The van der Waals surface area contributed by atoms with Gasteiger partial charge in [0.15, 0.2) is 18.1 Å². The number of ether oxygens (including phenoxy) is 2. The van der Waals surface area contributed by atoms with Crippen molar-refractivity contribution < 1.29 is 37.3 Å². The number of carboxylic acids is 1. The molecule has 1 aliphatic heterocycles. The van der Waals surface area contributed by atoms with Crippen molar-refractivity contribution in [2.45, 2.75) is 37.9 Å². The van der Waals surface area contributed by atoms with Gasteiger partial charge in [-0.2, -0.15) is 13.2 Å². The minimum absolute atomic E-state index is 0.0367. The normalized spacial score (nSPS) is 17.2. The van der Waals surface area contributed by atoms with Crippen LogP contribution in [0.5, 0.6) is 11.5 Å². The van der Waals surface area contributed by atoms with Crippen LogP contribution in [0.1, 0.15) is 24.8 Å². The number of amides is 1. The monoisotopic (exact) mass is 375 g/mol. The third-order valence-electron chi connectivity index (χ3n) is 4.11. The van der Waals surface area contributed by atoms with E-state index in [2.05, 4.69) is 0 Å². The minimum Gasteiger partial charge on any atom is -0.493 e. The molecule has 0 radical (unpaired) electrons. The van der Waals surface area contributed by atoms with Gasteiger partial charge < -0.3 is 19.5 Å². The minimum atomic E-state index is -4.45. The molecule has 1 heterocycles. The quantitative estimate of drug-likeness (QED) is 0.793. The number of benzene rings is 1. The molecule has 0 bridgehead atoms. The van der Waals surface area contributed by atoms with E-state index in [0.717, 1.165) is 0 Å². The molecular formula is C17H20F3NO5. The number of halogens is 3. The van der Waals surface area contributed by atoms with Crippen molar-refractivity contribution in [2.24, 2.45) is 0 Å². The van der Waals surface area contributed by atoms with Gasteiger partial charge in [0.25, 0.3) is 0 Å². The van der Waals surface area contributed by atoms with Crippen LogP contribution >= 0.6 is 0 Å². The molecule has 1 aromatic rings. The van der Waals surface area contributed by atoms with Crippen LogP contribution in [0.25, 0.3) is 0 Å². The third-order valence-corrected chi connectivity index (χ3v) is 4.11. The fourth-order valence-corrected chi connectivity index (χ4v) is 2.86. The fourth-order valence-electron chi connectivity index (χ4n) is 2.86. The van der Waals surface area contributed by atoms with E-state index in [1.807, 2.05) is 0 Å². The third kappa shape index (κ3) is 5.27. The lowest BCUT2D eigenvalue weighted by Crippen LogP contribution is -2.40. The number of nitrogens with zero attached hydrogens (tertiary/aromatic N) is 1. The highest BCUT2D eigenvalue weighted by molar-refractivity contribution is 5.84. The van der Waals surface area contributed by atoms with E-state index >= 15 is 0 Å². The summed E-state index contributed by atoms with van der Waals surface area (Å²) in [5.41, 5.74) is 0.681. The van der Waals surface area contributed by atoms with Gasteiger partial charge in [0.1, 0.15) is 6.04 Å². The SMILES string of the molecule is COc1cc(CCC(=O)N2CCCC2C(=O)O)ccc1OCC(F)(F)F. The average Bonchev–Trinajstić information content (AvgIpc) is 3.07. The summed E-state index contributed by atoms with van der Waals surface area (Å²) in [5.74, 6) is -1.16. The smallest absolute Gasteiger partial charge is 0.422 e. The Morgan fingerprint density at radius 3 is 2.65 bits per heavy atom. The molecule has 1 aromatic carbocycles. The molecule has 9 heteroatoms. The maximum atomic E-state index is 12.3. The highest BCUT2D eigenvalue weighted by atomic mass is 19.4. The van der Waals surface area contributed by atoms with Gasteiger partial charge in [-0.15, -0.1) is 0 Å². The summed E-state index contributed by atoms with van der Waals surface area (Å²) in [6.45, 7) is -1.00. The summed E-state index contributed by atoms with van der Waals surface area (Å²) in [6.07, 6.45) is -2.93. The van der Waals surface area contributed by atoms with Gasteiger partial charge in [0.2, 0.25) is 5.91 Å². The maximum absolute atomic E-state index is 12.3.